The van der Waals surface area contributed by atoms with Gasteiger partial charge in [-0.25, -0.2) is 4.57 Å². The summed E-state index contributed by atoms with van der Waals surface area (Å²) in [5.41, 5.74) is 7.96. The van der Waals surface area contributed by atoms with Crippen molar-refractivity contribution in [3.63, 3.8) is 0 Å². The molecule has 0 heterocycles. The lowest BCUT2D eigenvalue weighted by molar-refractivity contribution is -0.0937. The third kappa shape index (κ3) is 11.4. The molecule has 9 saturated carbocycles. The molecule has 506 valence electrons. The lowest BCUT2D eigenvalue weighted by atomic mass is 9.44. The van der Waals surface area contributed by atoms with E-state index in [1.165, 1.54) is 154 Å². The minimum absolute atomic E-state index is 0.141. The van der Waals surface area contributed by atoms with Crippen LogP contribution in [0.1, 0.15) is 337 Å². The van der Waals surface area contributed by atoms with Crippen LogP contribution in [0.15, 0.2) is 34.9 Å². The van der Waals surface area contributed by atoms with Crippen LogP contribution in [-0.4, -0.2) is 18.3 Å². The largest absolute Gasteiger partial charge is 0.475 e. The van der Waals surface area contributed by atoms with E-state index in [0.717, 1.165) is 147 Å². The van der Waals surface area contributed by atoms with E-state index in [1.807, 2.05) is 0 Å². The minimum atomic E-state index is -3.99. The highest BCUT2D eigenvalue weighted by Gasteiger charge is 2.67. The van der Waals surface area contributed by atoms with Crippen LogP contribution in [0.2, 0.25) is 0 Å². The van der Waals surface area contributed by atoms with E-state index >= 15 is 4.57 Å². The van der Waals surface area contributed by atoms with Gasteiger partial charge in [-0.2, -0.15) is 0 Å². The first kappa shape index (κ1) is 68.3. The Hall–Kier alpha value is -0.670. The average Bonchev–Trinajstić information content (AvgIpc) is 1.68. The SMILES string of the molecule is CC(C)CCC[C@@H](C)[C@@]1(C)CC[C@H]2C3CC=C4C[C@H](OP(=O)(O[C@@H]5CC[C@@]6(C)C(=CCC7[C@@H]6CC[C@@]6(C)[C@H]7CC[C@]6(C)[C@H](C)CCCC(C)C)C5)O[C@@H]5CC[C@@]6(C)C(=CCC7[C@@H]6CC[C@@]6(C)[C@H]7CC[C@]6(C)[C@H](C)CCCC(C)C)C5)CC[C@]4(C)[C@H]3CC[C@@]21C. The molecule has 0 radical (unpaired) electrons. The highest BCUT2D eigenvalue weighted by Crippen LogP contribution is 2.76. The van der Waals surface area contributed by atoms with Gasteiger partial charge < -0.3 is 0 Å². The molecule has 0 aromatic heterocycles. The highest BCUT2D eigenvalue weighted by molar-refractivity contribution is 7.48. The second-order valence-electron chi connectivity index (χ2n) is 39.1. The first-order valence-corrected chi connectivity index (χ1v) is 41.1. The minimum Gasteiger partial charge on any atom is -0.283 e. The normalized spacial score (nSPS) is 48.3. The van der Waals surface area contributed by atoms with E-state index in [-0.39, 0.29) is 34.6 Å². The summed E-state index contributed by atoms with van der Waals surface area (Å²) in [5.74, 6) is 11.7. The van der Waals surface area contributed by atoms with Crippen molar-refractivity contribution in [2.24, 2.45) is 138 Å². The van der Waals surface area contributed by atoms with Gasteiger partial charge in [-0.15, -0.1) is 0 Å². The Bertz CT molecular complexity index is 2380. The van der Waals surface area contributed by atoms with Crippen LogP contribution in [-0.2, 0) is 18.1 Å². The first-order chi connectivity index (χ1) is 41.9. The molecule has 0 amide bonds. The van der Waals surface area contributed by atoms with Crippen molar-refractivity contribution in [1.82, 2.24) is 0 Å². The Balaban J connectivity index is 0.761. The lowest BCUT2D eigenvalue weighted by Gasteiger charge is -2.61. The second-order valence-corrected chi connectivity index (χ2v) is 40.6. The summed E-state index contributed by atoms with van der Waals surface area (Å²) in [4.78, 5) is 0. The molecule has 9 fully saturated rings. The van der Waals surface area contributed by atoms with E-state index in [0.29, 0.717) is 32.5 Å². The van der Waals surface area contributed by atoms with Crippen LogP contribution in [0.5, 0.6) is 0 Å². The smallest absolute Gasteiger partial charge is 0.283 e. The molecule has 0 N–H and O–H groups in total. The van der Waals surface area contributed by atoms with Crippen molar-refractivity contribution in [1.29, 1.82) is 0 Å². The molecule has 12 aliphatic carbocycles. The van der Waals surface area contributed by atoms with Crippen LogP contribution in [0, 0.1) is 138 Å². The molecular formula is C84H141O4P. The summed E-state index contributed by atoms with van der Waals surface area (Å²) in [7, 11) is -3.99. The van der Waals surface area contributed by atoms with Crippen LogP contribution in [0.3, 0.4) is 0 Å². The summed E-state index contributed by atoms with van der Waals surface area (Å²) >= 11 is 0. The maximum Gasteiger partial charge on any atom is 0.475 e. The topological polar surface area (TPSA) is 44.8 Å². The number of hydrogen-bond acceptors (Lipinski definition) is 4. The first-order valence-electron chi connectivity index (χ1n) is 39.6. The molecule has 0 aromatic carbocycles. The highest BCUT2D eigenvalue weighted by atomic mass is 31.2. The zero-order chi connectivity index (χ0) is 63.7. The second kappa shape index (κ2) is 25.0. The molecule has 5 heteroatoms. The number of fused-ring (bicyclic) bond motifs is 15. The van der Waals surface area contributed by atoms with Crippen LogP contribution < -0.4 is 0 Å². The van der Waals surface area contributed by atoms with Crippen molar-refractivity contribution >= 4 is 7.82 Å². The molecular weight excluding hydrogens is 1100 g/mol. The number of rotatable bonds is 21. The number of allylic oxidation sites excluding steroid dienone is 3. The fourth-order valence-corrected chi connectivity index (χ4v) is 29.3. The zero-order valence-electron chi connectivity index (χ0n) is 61.5. The van der Waals surface area contributed by atoms with Crippen molar-refractivity contribution in [3.05, 3.63) is 34.9 Å². The van der Waals surface area contributed by atoms with Gasteiger partial charge in [-0.1, -0.05) is 217 Å². The van der Waals surface area contributed by atoms with E-state index in [4.69, 9.17) is 13.6 Å². The average molecular weight is 1250 g/mol. The van der Waals surface area contributed by atoms with E-state index < -0.39 is 7.82 Å². The van der Waals surface area contributed by atoms with Crippen LogP contribution in [0.4, 0.5) is 0 Å². The molecule has 4 nitrogen and oxygen atoms in total. The van der Waals surface area contributed by atoms with E-state index in [9.17, 15) is 0 Å². The van der Waals surface area contributed by atoms with Gasteiger partial charge in [0.2, 0.25) is 0 Å². The molecule has 0 bridgehead atoms. The monoisotopic (exact) mass is 1250 g/mol. The summed E-state index contributed by atoms with van der Waals surface area (Å²) in [6.07, 6.45) is 49.3. The van der Waals surface area contributed by atoms with Gasteiger partial charge >= 0.3 is 7.82 Å². The molecule has 0 saturated heterocycles. The summed E-state index contributed by atoms with van der Waals surface area (Å²) in [6, 6.07) is 0. The predicted octanol–water partition coefficient (Wildman–Crippen LogP) is 25.5. The van der Waals surface area contributed by atoms with E-state index in [2.05, 4.69) is 143 Å². The molecule has 12 aliphatic rings. The molecule has 3 unspecified atom stereocenters. The maximum atomic E-state index is 16.4. The Morgan fingerprint density at radius 3 is 0.876 bits per heavy atom. The molecule has 89 heavy (non-hydrogen) atoms. The maximum absolute atomic E-state index is 16.4. The van der Waals surface area contributed by atoms with Gasteiger partial charge in [0, 0.05) is 0 Å². The number of phosphoric ester groups is 1. The third-order valence-electron chi connectivity index (χ3n) is 34.5. The Morgan fingerprint density at radius 1 is 0.360 bits per heavy atom. The van der Waals surface area contributed by atoms with Crippen LogP contribution >= 0.6 is 7.82 Å². The van der Waals surface area contributed by atoms with Crippen molar-refractivity contribution in [3.8, 4) is 0 Å². The number of phosphoric acid groups is 1. The molecule has 0 aromatic rings. The summed E-state index contributed by atoms with van der Waals surface area (Å²) in [5, 5.41) is 0. The van der Waals surface area contributed by atoms with Gasteiger partial charge in [-0.05, 0) is 292 Å². The van der Waals surface area contributed by atoms with E-state index in [1.54, 1.807) is 16.7 Å². The lowest BCUT2D eigenvalue weighted by Crippen LogP contribution is -2.53. The molecule has 0 spiro atoms. The molecule has 0 aliphatic heterocycles. The van der Waals surface area contributed by atoms with Crippen molar-refractivity contribution < 1.29 is 18.1 Å². The quantitative estimate of drug-likeness (QED) is 0.0849. The zero-order valence-corrected chi connectivity index (χ0v) is 62.4. The standard InChI is InChI=1S/C84H141O4P/c1-55(2)22-19-25-58(7)79(13)46-40-73-67-31-28-61-52-64(34-43-76(61,10)70(67)37-49-82(73,79)16)86-89(85,87-65-35-44-77(11)62(53-65)29-32-68-71(77)38-50-83(17)74(68)41-47-80(83,14)59(8)26-20-23-56(3)4)88-66-36-45-78(12)63(54-66)30-33-69-72(78)39-51-84(18)75(69)42-48-81(84,15)60(9)27-21-24-57(5)6/h28-30,55-60,64-75H,19-27,31-54H2,1-18H3/t58-,59-,60-,64-,65-,66-,67?,68?,69?,70+,71+,72+,73+,74+,75+,76+,77+,78+,79-,80-,81-,82+,83+,84+,89?/m1/s1. The Labute approximate surface area is 550 Å². The van der Waals surface area contributed by atoms with Gasteiger partial charge in [0.1, 0.15) is 0 Å². The predicted molar refractivity (Wildman–Crippen MR) is 375 cm³/mol. The van der Waals surface area contributed by atoms with Crippen molar-refractivity contribution in [2.45, 2.75) is 355 Å². The van der Waals surface area contributed by atoms with Crippen LogP contribution in [0.25, 0.3) is 0 Å². The van der Waals surface area contributed by atoms with Crippen molar-refractivity contribution in [2.75, 3.05) is 0 Å². The van der Waals surface area contributed by atoms with Gasteiger partial charge in [0.15, 0.2) is 0 Å². The fourth-order valence-electron chi connectivity index (χ4n) is 27.6. The van der Waals surface area contributed by atoms with Gasteiger partial charge in [0.05, 0.1) is 18.3 Å². The van der Waals surface area contributed by atoms with Gasteiger partial charge in [0.25, 0.3) is 0 Å². The Morgan fingerprint density at radius 2 is 0.618 bits per heavy atom. The summed E-state index contributed by atoms with van der Waals surface area (Å²) in [6.45, 7) is 46.7. The fraction of sp³-hybridized carbons (Fsp3) is 0.929. The third-order valence-corrected chi connectivity index (χ3v) is 36.2. The van der Waals surface area contributed by atoms with Gasteiger partial charge in [-0.3, -0.25) is 13.6 Å². The molecule has 12 rings (SSSR count). The molecule has 24 atom stereocenters. The number of hydrogen-bond donors (Lipinski definition) is 0. The summed E-state index contributed by atoms with van der Waals surface area (Å²) < 4.78 is 38.3. The Kier molecular flexibility index (Phi) is 19.2.